The molecule has 1 N–H and O–H groups in total. The molecule has 0 spiro atoms. The van der Waals surface area contributed by atoms with Crippen LogP contribution in [0.1, 0.15) is 35.9 Å². The van der Waals surface area contributed by atoms with Crippen LogP contribution in [0.3, 0.4) is 0 Å². The van der Waals surface area contributed by atoms with Crippen LogP contribution in [0.4, 0.5) is 5.82 Å². The highest BCUT2D eigenvalue weighted by Crippen LogP contribution is 2.54. The van der Waals surface area contributed by atoms with Crippen molar-refractivity contribution in [1.82, 2.24) is 24.5 Å². The molecule has 3 aromatic heterocycles. The average Bonchev–Trinajstić information content (AvgIpc) is 3.45. The van der Waals surface area contributed by atoms with E-state index in [1.165, 1.54) is 5.56 Å². The fraction of sp³-hybridized carbons (Fsp3) is 0.250. The van der Waals surface area contributed by atoms with Gasteiger partial charge in [-0.15, -0.1) is 0 Å². The Hall–Kier alpha value is -3.54. The summed E-state index contributed by atoms with van der Waals surface area (Å²) in [6.45, 7) is 1.78. The smallest absolute Gasteiger partial charge is 0.161 e. The van der Waals surface area contributed by atoms with Gasteiger partial charge in [-0.3, -0.25) is 4.98 Å². The van der Waals surface area contributed by atoms with Crippen molar-refractivity contribution in [3.8, 4) is 11.4 Å². The largest absolute Gasteiger partial charge is 0.370 e. The zero-order valence-corrected chi connectivity index (χ0v) is 16.7. The van der Waals surface area contributed by atoms with E-state index in [1.54, 1.807) is 12.4 Å². The van der Waals surface area contributed by atoms with E-state index in [1.807, 2.05) is 30.9 Å². The van der Waals surface area contributed by atoms with Crippen LogP contribution < -0.4 is 5.32 Å². The number of hydrogen-bond donors (Lipinski definition) is 1. The van der Waals surface area contributed by atoms with Crippen molar-refractivity contribution in [3.05, 3.63) is 90.9 Å². The number of nitrogens with one attached hydrogen (secondary N) is 1. The molecule has 5 rings (SSSR count). The van der Waals surface area contributed by atoms with Crippen molar-refractivity contribution in [2.75, 3.05) is 11.9 Å². The minimum Gasteiger partial charge on any atom is -0.370 e. The van der Waals surface area contributed by atoms with Gasteiger partial charge < -0.3 is 9.88 Å². The van der Waals surface area contributed by atoms with Crippen LogP contribution in [-0.4, -0.2) is 31.0 Å². The van der Waals surface area contributed by atoms with Gasteiger partial charge in [-0.2, -0.15) is 0 Å². The van der Waals surface area contributed by atoms with E-state index >= 15 is 0 Å². The van der Waals surface area contributed by atoms with Crippen LogP contribution in [0.5, 0.6) is 0 Å². The molecule has 1 aliphatic rings. The van der Waals surface area contributed by atoms with Gasteiger partial charge in [0.25, 0.3) is 0 Å². The highest BCUT2D eigenvalue weighted by atomic mass is 15.0. The van der Waals surface area contributed by atoms with E-state index in [4.69, 9.17) is 9.97 Å². The lowest BCUT2D eigenvalue weighted by Gasteiger charge is -2.11. The number of pyridine rings is 1. The number of rotatable bonds is 8. The number of imidazole rings is 1. The van der Waals surface area contributed by atoms with E-state index in [0.717, 1.165) is 48.8 Å². The number of nitrogens with zero attached hydrogens (tertiary/aromatic N) is 5. The Morgan fingerprint density at radius 1 is 0.933 bits per heavy atom. The van der Waals surface area contributed by atoms with Gasteiger partial charge in [0.2, 0.25) is 0 Å². The van der Waals surface area contributed by atoms with Gasteiger partial charge in [0, 0.05) is 55.4 Å². The summed E-state index contributed by atoms with van der Waals surface area (Å²) in [6.07, 6.45) is 11.3. The second-order valence-corrected chi connectivity index (χ2v) is 7.68. The number of benzene rings is 1. The van der Waals surface area contributed by atoms with Crippen LogP contribution in [0.25, 0.3) is 11.4 Å². The number of aryl methyl sites for hydroxylation is 1. The van der Waals surface area contributed by atoms with E-state index in [0.29, 0.717) is 11.8 Å². The SMILES string of the molecule is c1ccc(C2CC2c2cc(NCCCn3ccnc3)nc(-c3ccncc3)n2)cc1. The average molecular weight is 396 g/mol. The summed E-state index contributed by atoms with van der Waals surface area (Å²) in [5, 5.41) is 3.49. The Balaban J connectivity index is 1.34. The van der Waals surface area contributed by atoms with Crippen molar-refractivity contribution < 1.29 is 0 Å². The minimum absolute atomic E-state index is 0.447. The third kappa shape index (κ3) is 4.22. The summed E-state index contributed by atoms with van der Waals surface area (Å²) in [6, 6.07) is 16.8. The van der Waals surface area contributed by atoms with Crippen molar-refractivity contribution in [1.29, 1.82) is 0 Å². The maximum atomic E-state index is 4.92. The lowest BCUT2D eigenvalue weighted by Crippen LogP contribution is -2.08. The van der Waals surface area contributed by atoms with Gasteiger partial charge in [0.1, 0.15) is 5.82 Å². The molecule has 30 heavy (non-hydrogen) atoms. The third-order valence-corrected chi connectivity index (χ3v) is 5.54. The van der Waals surface area contributed by atoms with Gasteiger partial charge in [-0.25, -0.2) is 15.0 Å². The molecule has 2 atom stereocenters. The first kappa shape index (κ1) is 18.5. The van der Waals surface area contributed by atoms with E-state index in [9.17, 15) is 0 Å². The van der Waals surface area contributed by atoms with Gasteiger partial charge in [-0.1, -0.05) is 30.3 Å². The Labute approximate surface area is 176 Å². The fourth-order valence-electron chi connectivity index (χ4n) is 3.86. The lowest BCUT2D eigenvalue weighted by molar-refractivity contribution is 0.660. The normalized spacial score (nSPS) is 17.6. The number of aromatic nitrogens is 5. The lowest BCUT2D eigenvalue weighted by atomic mass is 10.1. The minimum atomic E-state index is 0.447. The van der Waals surface area contributed by atoms with Crippen LogP contribution in [-0.2, 0) is 6.54 Å². The highest BCUT2D eigenvalue weighted by Gasteiger charge is 2.40. The maximum absolute atomic E-state index is 4.92. The number of anilines is 1. The molecular formula is C24H24N6. The quantitative estimate of drug-likeness (QED) is 0.444. The predicted molar refractivity (Wildman–Crippen MR) is 117 cm³/mol. The molecule has 0 aliphatic heterocycles. The zero-order chi connectivity index (χ0) is 20.2. The number of hydrogen-bond acceptors (Lipinski definition) is 5. The van der Waals surface area contributed by atoms with Crippen molar-refractivity contribution in [2.24, 2.45) is 0 Å². The Kier molecular flexibility index (Phi) is 5.21. The summed E-state index contributed by atoms with van der Waals surface area (Å²) >= 11 is 0. The second-order valence-electron chi connectivity index (χ2n) is 7.68. The van der Waals surface area contributed by atoms with Gasteiger partial charge in [-0.05, 0) is 36.5 Å². The molecule has 0 amide bonds. The molecule has 3 heterocycles. The van der Waals surface area contributed by atoms with Crippen molar-refractivity contribution >= 4 is 5.82 Å². The summed E-state index contributed by atoms with van der Waals surface area (Å²) < 4.78 is 2.09. The first-order chi connectivity index (χ1) is 14.9. The first-order valence-electron chi connectivity index (χ1n) is 10.4. The molecule has 0 saturated heterocycles. The monoisotopic (exact) mass is 396 g/mol. The first-order valence-corrected chi connectivity index (χ1v) is 10.4. The molecule has 6 nitrogen and oxygen atoms in total. The molecule has 0 bridgehead atoms. The maximum Gasteiger partial charge on any atom is 0.161 e. The van der Waals surface area contributed by atoms with Crippen LogP contribution in [0.15, 0.2) is 79.6 Å². The Morgan fingerprint density at radius 3 is 2.60 bits per heavy atom. The summed E-state index contributed by atoms with van der Waals surface area (Å²) in [5.74, 6) is 2.63. The molecule has 1 saturated carbocycles. The van der Waals surface area contributed by atoms with Gasteiger partial charge >= 0.3 is 0 Å². The van der Waals surface area contributed by atoms with Crippen molar-refractivity contribution in [2.45, 2.75) is 31.2 Å². The third-order valence-electron chi connectivity index (χ3n) is 5.54. The van der Waals surface area contributed by atoms with E-state index in [-0.39, 0.29) is 0 Å². The van der Waals surface area contributed by atoms with Gasteiger partial charge in [0.15, 0.2) is 5.82 Å². The standard InChI is InChI=1S/C24H24N6/c1-2-5-18(6-3-1)20-15-21(20)22-16-23(27-9-4-13-30-14-12-26-17-30)29-24(28-22)19-7-10-25-11-8-19/h1-3,5-8,10-12,14,16-17,20-21H,4,9,13,15H2,(H,27,28,29). The predicted octanol–water partition coefficient (Wildman–Crippen LogP) is 4.51. The fourth-order valence-corrected chi connectivity index (χ4v) is 3.86. The molecule has 4 aromatic rings. The Morgan fingerprint density at radius 2 is 1.80 bits per heavy atom. The summed E-state index contributed by atoms with van der Waals surface area (Å²) in [7, 11) is 0. The van der Waals surface area contributed by atoms with Crippen LogP contribution >= 0.6 is 0 Å². The zero-order valence-electron chi connectivity index (χ0n) is 16.7. The molecule has 2 unspecified atom stereocenters. The van der Waals surface area contributed by atoms with E-state index < -0.39 is 0 Å². The van der Waals surface area contributed by atoms with Crippen molar-refractivity contribution in [3.63, 3.8) is 0 Å². The molecule has 6 heteroatoms. The van der Waals surface area contributed by atoms with Gasteiger partial charge in [0.05, 0.1) is 12.0 Å². The molecule has 1 fully saturated rings. The molecule has 1 aliphatic carbocycles. The highest BCUT2D eigenvalue weighted by molar-refractivity contribution is 5.57. The summed E-state index contributed by atoms with van der Waals surface area (Å²) in [5.41, 5.74) is 3.49. The summed E-state index contributed by atoms with van der Waals surface area (Å²) in [4.78, 5) is 17.9. The van der Waals surface area contributed by atoms with Crippen LogP contribution in [0.2, 0.25) is 0 Å². The Bertz CT molecular complexity index is 1080. The molecule has 1 aromatic carbocycles. The molecule has 150 valence electrons. The topological polar surface area (TPSA) is 68.5 Å². The van der Waals surface area contributed by atoms with Crippen LogP contribution in [0, 0.1) is 0 Å². The second kappa shape index (κ2) is 8.45. The van der Waals surface area contributed by atoms with E-state index in [2.05, 4.69) is 56.3 Å². The molecular weight excluding hydrogens is 372 g/mol. The molecule has 0 radical (unpaired) electrons.